The predicted molar refractivity (Wildman–Crippen MR) is 109 cm³/mol. The molecule has 4 aromatic carbocycles. The molecule has 0 unspecified atom stereocenters. The number of hydrogen-bond donors (Lipinski definition) is 0. The highest BCUT2D eigenvalue weighted by Crippen LogP contribution is 2.42. The average Bonchev–Trinajstić information content (AvgIpc) is 2.72. The van der Waals surface area contributed by atoms with Crippen molar-refractivity contribution in [3.63, 3.8) is 0 Å². The number of hydrogen-bond acceptors (Lipinski definition) is 4. The van der Waals surface area contributed by atoms with Crippen LogP contribution in [0.2, 0.25) is 0 Å². The fourth-order valence-electron chi connectivity index (χ4n) is 3.36. The summed E-state index contributed by atoms with van der Waals surface area (Å²) in [6.45, 7) is 0. The van der Waals surface area contributed by atoms with Gasteiger partial charge in [0.05, 0.1) is 7.11 Å². The number of alkyl halides is 3. The van der Waals surface area contributed by atoms with Gasteiger partial charge in [0.2, 0.25) is 0 Å². The van der Waals surface area contributed by atoms with Gasteiger partial charge in [0.25, 0.3) is 0 Å². The Kier molecular flexibility index (Phi) is 4.82. The van der Waals surface area contributed by atoms with Crippen LogP contribution in [0.3, 0.4) is 0 Å². The fourth-order valence-corrected chi connectivity index (χ4v) is 3.84. The van der Waals surface area contributed by atoms with E-state index in [1.165, 1.54) is 19.2 Å². The average molecular weight is 432 g/mol. The molecular formula is C22H15F3O4S. The Bertz CT molecular complexity index is 1360. The Morgan fingerprint density at radius 2 is 1.40 bits per heavy atom. The summed E-state index contributed by atoms with van der Waals surface area (Å²) in [4.78, 5) is 0. The zero-order valence-electron chi connectivity index (χ0n) is 15.6. The monoisotopic (exact) mass is 432 g/mol. The summed E-state index contributed by atoms with van der Waals surface area (Å²) in [5, 5.41) is 3.42. The maximum absolute atomic E-state index is 12.9. The second kappa shape index (κ2) is 7.21. The number of benzene rings is 4. The molecule has 0 saturated heterocycles. The molecule has 0 amide bonds. The van der Waals surface area contributed by atoms with Crippen LogP contribution in [-0.4, -0.2) is 21.0 Å². The van der Waals surface area contributed by atoms with Gasteiger partial charge in [-0.2, -0.15) is 21.6 Å². The molecule has 154 valence electrons. The third-order valence-corrected chi connectivity index (χ3v) is 5.69. The molecular weight excluding hydrogens is 417 g/mol. The molecule has 0 aliphatic heterocycles. The van der Waals surface area contributed by atoms with E-state index in [0.29, 0.717) is 11.3 Å². The minimum atomic E-state index is -5.84. The van der Waals surface area contributed by atoms with Crippen molar-refractivity contribution >= 4 is 31.7 Å². The molecule has 4 rings (SSSR count). The fraction of sp³-hybridized carbons (Fsp3) is 0.0909. The van der Waals surface area contributed by atoms with Crippen molar-refractivity contribution in [3.8, 4) is 22.6 Å². The molecule has 0 aromatic heterocycles. The molecule has 4 aromatic rings. The van der Waals surface area contributed by atoms with Crippen LogP contribution in [0.4, 0.5) is 13.2 Å². The van der Waals surface area contributed by atoms with Crippen LogP contribution in [0, 0.1) is 0 Å². The molecule has 4 nitrogen and oxygen atoms in total. The topological polar surface area (TPSA) is 52.6 Å². The molecule has 0 aliphatic rings. The summed E-state index contributed by atoms with van der Waals surface area (Å²) in [5.41, 5.74) is -4.85. The van der Waals surface area contributed by atoms with Crippen LogP contribution in [0.15, 0.2) is 72.8 Å². The minimum absolute atomic E-state index is 0.170. The first-order valence-electron chi connectivity index (χ1n) is 8.81. The van der Waals surface area contributed by atoms with Gasteiger partial charge in [-0.15, -0.1) is 0 Å². The predicted octanol–water partition coefficient (Wildman–Crippen LogP) is 5.90. The normalized spacial score (nSPS) is 12.3. The third-order valence-electron chi connectivity index (χ3n) is 4.73. The summed E-state index contributed by atoms with van der Waals surface area (Å²) in [7, 11) is -4.43. The Balaban J connectivity index is 2.03. The largest absolute Gasteiger partial charge is 0.534 e. The zero-order chi connectivity index (χ0) is 21.5. The van der Waals surface area contributed by atoms with Gasteiger partial charge < -0.3 is 8.92 Å². The van der Waals surface area contributed by atoms with Gasteiger partial charge in [-0.3, -0.25) is 0 Å². The molecule has 0 atom stereocenters. The first kappa shape index (κ1) is 20.0. The van der Waals surface area contributed by atoms with E-state index in [1.54, 1.807) is 12.1 Å². The lowest BCUT2D eigenvalue weighted by molar-refractivity contribution is -0.0499. The first-order chi connectivity index (χ1) is 14.2. The van der Waals surface area contributed by atoms with E-state index in [1.807, 2.05) is 42.5 Å². The summed E-state index contributed by atoms with van der Waals surface area (Å²) in [5.74, 6) is -0.0902. The molecule has 0 bridgehead atoms. The minimum Gasteiger partial charge on any atom is -0.497 e. The van der Waals surface area contributed by atoms with E-state index in [2.05, 4.69) is 4.18 Å². The number of methoxy groups -OCH3 is 1. The van der Waals surface area contributed by atoms with Crippen LogP contribution < -0.4 is 8.92 Å². The van der Waals surface area contributed by atoms with Crippen LogP contribution in [0.5, 0.6) is 11.5 Å². The molecule has 8 heteroatoms. The first-order valence-corrected chi connectivity index (χ1v) is 10.2. The molecule has 30 heavy (non-hydrogen) atoms. The highest BCUT2D eigenvalue weighted by Gasteiger charge is 2.48. The standard InChI is InChI=1S/C22H15F3O4S/c1-28-15-10-11-21(29-30(26,27)22(23,24)25)20(13-15)19-12-14-6-2-3-7-16(14)17-8-4-5-9-18(17)19/h2-13H,1H3. The molecule has 0 saturated carbocycles. The Morgan fingerprint density at radius 1 is 0.767 bits per heavy atom. The number of ether oxygens (including phenoxy) is 1. The summed E-state index contributed by atoms with van der Waals surface area (Å²) < 4.78 is 71.8. The molecule has 0 spiro atoms. The van der Waals surface area contributed by atoms with Crippen LogP contribution in [0.25, 0.3) is 32.7 Å². The quantitative estimate of drug-likeness (QED) is 0.229. The number of halogens is 3. The van der Waals surface area contributed by atoms with Gasteiger partial charge in [0, 0.05) is 5.56 Å². The van der Waals surface area contributed by atoms with Crippen molar-refractivity contribution in [3.05, 3.63) is 72.8 Å². The van der Waals surface area contributed by atoms with Gasteiger partial charge in [-0.05, 0) is 51.4 Å². The molecule has 0 N–H and O–H groups in total. The Morgan fingerprint density at radius 3 is 2.07 bits per heavy atom. The maximum Gasteiger partial charge on any atom is 0.534 e. The van der Waals surface area contributed by atoms with Crippen molar-refractivity contribution in [2.45, 2.75) is 5.51 Å². The molecule has 0 aliphatic carbocycles. The van der Waals surface area contributed by atoms with E-state index < -0.39 is 21.4 Å². The van der Waals surface area contributed by atoms with Crippen LogP contribution in [-0.2, 0) is 10.1 Å². The number of fused-ring (bicyclic) bond motifs is 3. The van der Waals surface area contributed by atoms with Gasteiger partial charge >= 0.3 is 15.6 Å². The SMILES string of the molecule is COc1ccc(OS(=O)(=O)C(F)(F)F)c(-c2cc3ccccc3c3ccccc23)c1. The van der Waals surface area contributed by atoms with Crippen molar-refractivity contribution in [2.24, 2.45) is 0 Å². The molecule has 0 radical (unpaired) electrons. The molecule has 0 fully saturated rings. The summed E-state index contributed by atoms with van der Waals surface area (Å²) in [6, 6.07) is 20.7. The Hall–Kier alpha value is -3.26. The Labute approximate surface area is 170 Å². The zero-order valence-corrected chi connectivity index (χ0v) is 16.4. The summed E-state index contributed by atoms with van der Waals surface area (Å²) >= 11 is 0. The summed E-state index contributed by atoms with van der Waals surface area (Å²) in [6.07, 6.45) is 0. The van der Waals surface area contributed by atoms with Crippen molar-refractivity contribution in [2.75, 3.05) is 7.11 Å². The second-order valence-electron chi connectivity index (χ2n) is 6.54. The number of rotatable bonds is 4. The van der Waals surface area contributed by atoms with Crippen LogP contribution in [0.1, 0.15) is 0 Å². The van der Waals surface area contributed by atoms with Crippen molar-refractivity contribution in [1.29, 1.82) is 0 Å². The van der Waals surface area contributed by atoms with Crippen LogP contribution >= 0.6 is 0 Å². The van der Waals surface area contributed by atoms with Gasteiger partial charge in [-0.25, -0.2) is 0 Å². The van der Waals surface area contributed by atoms with Gasteiger partial charge in [0.15, 0.2) is 5.75 Å². The van der Waals surface area contributed by atoms with Gasteiger partial charge in [-0.1, -0.05) is 48.5 Å². The van der Waals surface area contributed by atoms with Crippen molar-refractivity contribution in [1.82, 2.24) is 0 Å². The lowest BCUT2D eigenvalue weighted by Crippen LogP contribution is -2.28. The smallest absolute Gasteiger partial charge is 0.497 e. The lowest BCUT2D eigenvalue weighted by atomic mass is 9.93. The van der Waals surface area contributed by atoms with E-state index in [9.17, 15) is 21.6 Å². The maximum atomic E-state index is 12.9. The van der Waals surface area contributed by atoms with Gasteiger partial charge in [0.1, 0.15) is 5.75 Å². The second-order valence-corrected chi connectivity index (χ2v) is 8.07. The lowest BCUT2D eigenvalue weighted by Gasteiger charge is -2.16. The van der Waals surface area contributed by atoms with Crippen molar-refractivity contribution < 1.29 is 30.5 Å². The highest BCUT2D eigenvalue weighted by atomic mass is 32.2. The van der Waals surface area contributed by atoms with E-state index in [0.717, 1.165) is 27.6 Å². The highest BCUT2D eigenvalue weighted by molar-refractivity contribution is 7.88. The third kappa shape index (κ3) is 3.43. The molecule has 0 heterocycles. The van der Waals surface area contributed by atoms with E-state index >= 15 is 0 Å². The van der Waals surface area contributed by atoms with E-state index in [4.69, 9.17) is 4.74 Å². The van der Waals surface area contributed by atoms with E-state index in [-0.39, 0.29) is 5.56 Å².